The van der Waals surface area contributed by atoms with Gasteiger partial charge in [-0.15, -0.1) is 0 Å². The second kappa shape index (κ2) is 8.10. The normalized spacial score (nSPS) is 25.5. The van der Waals surface area contributed by atoms with Crippen LogP contribution in [-0.2, 0) is 9.53 Å². The van der Waals surface area contributed by atoms with Gasteiger partial charge in [0.1, 0.15) is 0 Å². The first-order chi connectivity index (χ1) is 11.7. The van der Waals surface area contributed by atoms with Crippen LogP contribution in [0.3, 0.4) is 0 Å². The number of benzene rings is 1. The number of piperazine rings is 1. The highest BCUT2D eigenvalue weighted by atomic mass is 16.5. The monoisotopic (exact) mass is 332 g/mol. The van der Waals surface area contributed by atoms with Crippen molar-refractivity contribution in [2.75, 3.05) is 45.9 Å². The molecule has 0 aromatic heterocycles. The van der Waals surface area contributed by atoms with E-state index >= 15 is 0 Å². The summed E-state index contributed by atoms with van der Waals surface area (Å²) in [6.07, 6.45) is 0.536. The van der Waals surface area contributed by atoms with Gasteiger partial charge in [0.2, 0.25) is 5.91 Å². The van der Waals surface area contributed by atoms with Gasteiger partial charge < -0.3 is 14.7 Å². The van der Waals surface area contributed by atoms with E-state index in [4.69, 9.17) is 4.74 Å². The molecule has 1 saturated carbocycles. The van der Waals surface area contributed by atoms with Gasteiger partial charge in [0.15, 0.2) is 0 Å². The van der Waals surface area contributed by atoms with Crippen molar-refractivity contribution in [1.82, 2.24) is 9.80 Å². The summed E-state index contributed by atoms with van der Waals surface area (Å²) in [7, 11) is 0. The summed E-state index contributed by atoms with van der Waals surface area (Å²) < 4.78 is 5.25. The maximum Gasteiger partial charge on any atom is 0.226 e. The molecule has 1 saturated heterocycles. The van der Waals surface area contributed by atoms with E-state index in [1.807, 2.05) is 30.0 Å². The van der Waals surface area contributed by atoms with Gasteiger partial charge in [-0.2, -0.15) is 0 Å². The second-order valence-electron chi connectivity index (χ2n) is 6.80. The molecule has 3 atom stereocenters. The van der Waals surface area contributed by atoms with Gasteiger partial charge in [0.05, 0.1) is 12.7 Å². The molecule has 2 aliphatic rings. The van der Waals surface area contributed by atoms with E-state index in [-0.39, 0.29) is 5.92 Å². The average Bonchev–Trinajstić information content (AvgIpc) is 3.41. The number of hydrogen-bond acceptors (Lipinski definition) is 4. The van der Waals surface area contributed by atoms with Crippen molar-refractivity contribution in [3.05, 3.63) is 35.9 Å². The molecule has 1 aliphatic heterocycles. The lowest BCUT2D eigenvalue weighted by atomic mass is 10.1. The lowest BCUT2D eigenvalue weighted by Crippen LogP contribution is -2.51. The third-order valence-corrected chi connectivity index (χ3v) is 5.00. The second-order valence-corrected chi connectivity index (χ2v) is 6.80. The Morgan fingerprint density at radius 3 is 2.62 bits per heavy atom. The van der Waals surface area contributed by atoms with E-state index < -0.39 is 6.10 Å². The zero-order valence-corrected chi connectivity index (χ0v) is 14.4. The van der Waals surface area contributed by atoms with E-state index in [1.54, 1.807) is 0 Å². The molecule has 0 bridgehead atoms. The Labute approximate surface area is 144 Å². The van der Waals surface area contributed by atoms with Crippen LogP contribution >= 0.6 is 0 Å². The summed E-state index contributed by atoms with van der Waals surface area (Å²) in [4.78, 5) is 16.9. The number of nitrogens with zero attached hydrogens (tertiary/aromatic N) is 2. The first-order valence-corrected chi connectivity index (χ1v) is 9.01. The molecule has 0 spiro atoms. The maximum atomic E-state index is 12.7. The van der Waals surface area contributed by atoms with Gasteiger partial charge in [0.25, 0.3) is 0 Å². The van der Waals surface area contributed by atoms with Gasteiger partial charge in [-0.25, -0.2) is 0 Å². The number of β-amino-alcohol motifs (C(OH)–C–C–N with tert-alkyl or cyclic N) is 1. The quantitative estimate of drug-likeness (QED) is 0.818. The van der Waals surface area contributed by atoms with Crippen LogP contribution in [0.4, 0.5) is 0 Å². The van der Waals surface area contributed by atoms with Crippen molar-refractivity contribution in [2.45, 2.75) is 25.4 Å². The van der Waals surface area contributed by atoms with Crippen LogP contribution in [0.5, 0.6) is 0 Å². The third kappa shape index (κ3) is 4.35. The van der Waals surface area contributed by atoms with Crippen molar-refractivity contribution in [3.8, 4) is 0 Å². The highest BCUT2D eigenvalue weighted by Crippen LogP contribution is 2.48. The van der Waals surface area contributed by atoms with Crippen molar-refractivity contribution in [1.29, 1.82) is 0 Å². The molecule has 1 aromatic carbocycles. The van der Waals surface area contributed by atoms with Crippen LogP contribution in [0.25, 0.3) is 0 Å². The molecular formula is C19H28N2O3. The summed E-state index contributed by atoms with van der Waals surface area (Å²) in [5.74, 6) is 0.880. The van der Waals surface area contributed by atoms with E-state index in [9.17, 15) is 9.90 Å². The van der Waals surface area contributed by atoms with Crippen molar-refractivity contribution >= 4 is 5.91 Å². The molecule has 3 rings (SSSR count). The molecule has 132 valence electrons. The Balaban J connectivity index is 1.41. The molecule has 0 unspecified atom stereocenters. The molecule has 1 heterocycles. The topological polar surface area (TPSA) is 53.0 Å². The maximum absolute atomic E-state index is 12.7. The largest absolute Gasteiger partial charge is 0.389 e. The molecule has 2 fully saturated rings. The van der Waals surface area contributed by atoms with Gasteiger partial charge in [0, 0.05) is 45.2 Å². The smallest absolute Gasteiger partial charge is 0.226 e. The third-order valence-electron chi connectivity index (χ3n) is 5.00. The predicted octanol–water partition coefficient (Wildman–Crippen LogP) is 1.33. The Kier molecular flexibility index (Phi) is 5.87. The molecule has 1 N–H and O–H groups in total. The van der Waals surface area contributed by atoms with Crippen molar-refractivity contribution in [2.24, 2.45) is 5.92 Å². The number of amides is 1. The molecule has 5 heteroatoms. The van der Waals surface area contributed by atoms with E-state index in [0.29, 0.717) is 31.6 Å². The first-order valence-electron chi connectivity index (χ1n) is 9.01. The summed E-state index contributed by atoms with van der Waals surface area (Å²) in [6, 6.07) is 10.3. The SMILES string of the molecule is CCOC[C@H](O)CN1CCN(C(=O)[C@H]2C[C@H]2c2ccccc2)CC1. The van der Waals surface area contributed by atoms with Crippen LogP contribution in [0.2, 0.25) is 0 Å². The lowest BCUT2D eigenvalue weighted by Gasteiger charge is -2.35. The minimum atomic E-state index is -0.446. The lowest BCUT2D eigenvalue weighted by molar-refractivity contribution is -0.134. The minimum Gasteiger partial charge on any atom is -0.389 e. The van der Waals surface area contributed by atoms with Crippen LogP contribution in [-0.4, -0.2) is 72.9 Å². The van der Waals surface area contributed by atoms with E-state index in [1.165, 1.54) is 5.56 Å². The number of aliphatic hydroxyl groups is 1. The summed E-state index contributed by atoms with van der Waals surface area (Å²) in [6.45, 7) is 6.75. The fourth-order valence-corrected chi connectivity index (χ4v) is 3.53. The zero-order chi connectivity index (χ0) is 16.9. The van der Waals surface area contributed by atoms with Crippen LogP contribution in [0, 0.1) is 5.92 Å². The zero-order valence-electron chi connectivity index (χ0n) is 14.4. The van der Waals surface area contributed by atoms with E-state index in [0.717, 1.165) is 32.6 Å². The van der Waals surface area contributed by atoms with Crippen LogP contribution < -0.4 is 0 Å². The highest BCUT2D eigenvalue weighted by Gasteiger charge is 2.45. The standard InChI is InChI=1S/C19H28N2O3/c1-2-24-14-16(22)13-20-8-10-21(11-9-20)19(23)18-12-17(18)15-6-4-3-5-7-15/h3-7,16-18,22H,2,8-14H2,1H3/t16-,17+,18+/m1/s1. The molecule has 5 nitrogen and oxygen atoms in total. The molecule has 1 aromatic rings. The minimum absolute atomic E-state index is 0.169. The van der Waals surface area contributed by atoms with Gasteiger partial charge in [-0.3, -0.25) is 9.69 Å². The van der Waals surface area contributed by atoms with Gasteiger partial charge >= 0.3 is 0 Å². The fourth-order valence-electron chi connectivity index (χ4n) is 3.53. The number of hydrogen-bond donors (Lipinski definition) is 1. The number of aliphatic hydroxyl groups excluding tert-OH is 1. The molecular weight excluding hydrogens is 304 g/mol. The number of carbonyl (C=O) groups excluding carboxylic acids is 1. The molecule has 1 amide bonds. The van der Waals surface area contributed by atoms with Crippen LogP contribution in [0.1, 0.15) is 24.8 Å². The molecule has 1 aliphatic carbocycles. The van der Waals surface area contributed by atoms with Gasteiger partial charge in [-0.05, 0) is 24.8 Å². The van der Waals surface area contributed by atoms with Crippen molar-refractivity contribution in [3.63, 3.8) is 0 Å². The number of ether oxygens (including phenoxy) is 1. The number of carbonyl (C=O) groups is 1. The average molecular weight is 332 g/mol. The summed E-state index contributed by atoms with van der Waals surface area (Å²) >= 11 is 0. The molecule has 0 radical (unpaired) electrons. The first kappa shape index (κ1) is 17.4. The fraction of sp³-hybridized carbons (Fsp3) is 0.632. The molecule has 24 heavy (non-hydrogen) atoms. The predicted molar refractivity (Wildman–Crippen MR) is 92.8 cm³/mol. The summed E-state index contributed by atoms with van der Waals surface area (Å²) in [5.41, 5.74) is 1.29. The highest BCUT2D eigenvalue weighted by molar-refractivity contribution is 5.83. The Bertz CT molecular complexity index is 529. The Hall–Kier alpha value is -1.43. The number of rotatable bonds is 7. The van der Waals surface area contributed by atoms with Crippen LogP contribution in [0.15, 0.2) is 30.3 Å². The van der Waals surface area contributed by atoms with Gasteiger partial charge in [-0.1, -0.05) is 30.3 Å². The Morgan fingerprint density at radius 2 is 1.96 bits per heavy atom. The van der Waals surface area contributed by atoms with Crippen molar-refractivity contribution < 1.29 is 14.6 Å². The summed E-state index contributed by atoms with van der Waals surface area (Å²) in [5, 5.41) is 9.92. The van der Waals surface area contributed by atoms with E-state index in [2.05, 4.69) is 17.0 Å². The Morgan fingerprint density at radius 1 is 1.25 bits per heavy atom.